The highest BCUT2D eigenvalue weighted by Crippen LogP contribution is 2.20. The lowest BCUT2D eigenvalue weighted by Crippen LogP contribution is -2.43. The van der Waals surface area contributed by atoms with Gasteiger partial charge in [-0.25, -0.2) is 5.14 Å². The summed E-state index contributed by atoms with van der Waals surface area (Å²) in [7, 11) is -1.92. The molecule has 0 aliphatic heterocycles. The molecule has 1 saturated carbocycles. The van der Waals surface area contributed by atoms with Crippen LogP contribution < -0.4 is 9.86 Å². The van der Waals surface area contributed by atoms with Crippen LogP contribution in [0.15, 0.2) is 0 Å². The summed E-state index contributed by atoms with van der Waals surface area (Å²) in [6.07, 6.45) is 3.70. The highest BCUT2D eigenvalue weighted by Gasteiger charge is 2.23. The fraction of sp³-hybridized carbons (Fsp3) is 1.00. The van der Waals surface area contributed by atoms with E-state index in [9.17, 15) is 8.42 Å². The zero-order chi connectivity index (χ0) is 9.90. The smallest absolute Gasteiger partial charge is 0.274 e. The van der Waals surface area contributed by atoms with Crippen molar-refractivity contribution < 1.29 is 13.2 Å². The molecule has 1 fully saturated rings. The van der Waals surface area contributed by atoms with Crippen molar-refractivity contribution in [2.75, 3.05) is 7.11 Å². The molecule has 0 aromatic carbocycles. The summed E-state index contributed by atoms with van der Waals surface area (Å²) < 4.78 is 29.0. The second kappa shape index (κ2) is 4.36. The lowest BCUT2D eigenvalue weighted by molar-refractivity contribution is 0.0622. The van der Waals surface area contributed by atoms with Crippen LogP contribution in [0.1, 0.15) is 25.7 Å². The summed E-state index contributed by atoms with van der Waals surface area (Å²) in [6.45, 7) is 0. The minimum absolute atomic E-state index is 0.0614. The van der Waals surface area contributed by atoms with Gasteiger partial charge >= 0.3 is 0 Å². The molecule has 0 aromatic rings. The van der Waals surface area contributed by atoms with Crippen molar-refractivity contribution >= 4 is 10.2 Å². The number of methoxy groups -OCH3 is 1. The van der Waals surface area contributed by atoms with Crippen LogP contribution in [-0.2, 0) is 14.9 Å². The summed E-state index contributed by atoms with van der Waals surface area (Å²) >= 11 is 0. The summed E-state index contributed by atoms with van der Waals surface area (Å²) in [5.41, 5.74) is 0. The molecule has 1 rings (SSSR count). The molecular weight excluding hydrogens is 192 g/mol. The van der Waals surface area contributed by atoms with Crippen molar-refractivity contribution in [3.05, 3.63) is 0 Å². The quantitative estimate of drug-likeness (QED) is 0.670. The average molecular weight is 208 g/mol. The maximum absolute atomic E-state index is 10.7. The van der Waals surface area contributed by atoms with Gasteiger partial charge in [-0.1, -0.05) is 0 Å². The van der Waals surface area contributed by atoms with Crippen LogP contribution in [0.25, 0.3) is 0 Å². The molecule has 6 heteroatoms. The van der Waals surface area contributed by atoms with E-state index in [0.29, 0.717) is 6.42 Å². The molecule has 0 spiro atoms. The lowest BCUT2D eigenvalue weighted by Gasteiger charge is -2.27. The van der Waals surface area contributed by atoms with Crippen LogP contribution in [0.4, 0.5) is 0 Å². The zero-order valence-corrected chi connectivity index (χ0v) is 8.51. The van der Waals surface area contributed by atoms with Crippen molar-refractivity contribution in [2.45, 2.75) is 37.8 Å². The van der Waals surface area contributed by atoms with Gasteiger partial charge in [-0.2, -0.15) is 13.1 Å². The third-order valence-electron chi connectivity index (χ3n) is 2.29. The first-order chi connectivity index (χ1) is 6.01. The van der Waals surface area contributed by atoms with E-state index in [0.717, 1.165) is 19.3 Å². The number of rotatable bonds is 3. The Morgan fingerprint density at radius 3 is 2.69 bits per heavy atom. The van der Waals surface area contributed by atoms with Crippen LogP contribution in [0.2, 0.25) is 0 Å². The monoisotopic (exact) mass is 208 g/mol. The second-order valence-corrected chi connectivity index (χ2v) is 4.71. The molecule has 1 aliphatic carbocycles. The van der Waals surface area contributed by atoms with Gasteiger partial charge in [-0.15, -0.1) is 0 Å². The highest BCUT2D eigenvalue weighted by molar-refractivity contribution is 7.87. The standard InChI is InChI=1S/C7H16N2O3S/c1-12-7-4-2-3-6(5-7)9-13(8,10)11/h6-7,9H,2-5H2,1H3,(H2,8,10,11). The second-order valence-electron chi connectivity index (χ2n) is 3.38. The maximum Gasteiger partial charge on any atom is 0.274 e. The largest absolute Gasteiger partial charge is 0.381 e. The first-order valence-electron chi connectivity index (χ1n) is 4.34. The number of ether oxygens (including phenoxy) is 1. The van der Waals surface area contributed by atoms with Crippen molar-refractivity contribution in [2.24, 2.45) is 5.14 Å². The van der Waals surface area contributed by atoms with Gasteiger partial charge in [0, 0.05) is 13.2 Å². The highest BCUT2D eigenvalue weighted by atomic mass is 32.2. The molecule has 3 N–H and O–H groups in total. The van der Waals surface area contributed by atoms with Gasteiger partial charge in [0.2, 0.25) is 0 Å². The molecule has 2 atom stereocenters. The predicted octanol–water partition coefficient (Wildman–Crippen LogP) is -0.263. The van der Waals surface area contributed by atoms with Gasteiger partial charge < -0.3 is 4.74 Å². The molecular formula is C7H16N2O3S. The molecule has 0 amide bonds. The van der Waals surface area contributed by atoms with Gasteiger partial charge in [0.25, 0.3) is 10.2 Å². The Kier molecular flexibility index (Phi) is 3.66. The van der Waals surface area contributed by atoms with E-state index in [2.05, 4.69) is 4.72 Å². The Balaban J connectivity index is 2.43. The van der Waals surface area contributed by atoms with Crippen LogP contribution in [0.3, 0.4) is 0 Å². The van der Waals surface area contributed by atoms with Crippen molar-refractivity contribution in [1.82, 2.24) is 4.72 Å². The molecule has 0 aromatic heterocycles. The average Bonchev–Trinajstić information content (AvgIpc) is 2.01. The van der Waals surface area contributed by atoms with E-state index in [1.165, 1.54) is 0 Å². The third kappa shape index (κ3) is 4.04. The molecule has 0 saturated heterocycles. The summed E-state index contributed by atoms with van der Waals surface area (Å²) in [5, 5.41) is 4.87. The molecule has 13 heavy (non-hydrogen) atoms. The van der Waals surface area contributed by atoms with Gasteiger partial charge in [0.05, 0.1) is 6.10 Å². The van der Waals surface area contributed by atoms with E-state index in [1.807, 2.05) is 0 Å². The first-order valence-corrected chi connectivity index (χ1v) is 5.89. The molecule has 1 aliphatic rings. The Labute approximate surface area is 78.8 Å². The third-order valence-corrected chi connectivity index (χ3v) is 2.95. The maximum atomic E-state index is 10.7. The number of hydrogen-bond acceptors (Lipinski definition) is 3. The SMILES string of the molecule is COC1CCCC(NS(N)(=O)=O)C1. The molecule has 0 heterocycles. The van der Waals surface area contributed by atoms with E-state index in [-0.39, 0.29) is 12.1 Å². The first kappa shape index (κ1) is 10.9. The summed E-state index contributed by atoms with van der Waals surface area (Å²) in [4.78, 5) is 0. The topological polar surface area (TPSA) is 81.4 Å². The van der Waals surface area contributed by atoms with Crippen LogP contribution in [0.5, 0.6) is 0 Å². The Hall–Kier alpha value is -0.170. The number of nitrogens with one attached hydrogen (secondary N) is 1. The molecule has 0 bridgehead atoms. The Morgan fingerprint density at radius 1 is 1.46 bits per heavy atom. The fourth-order valence-electron chi connectivity index (χ4n) is 1.70. The van der Waals surface area contributed by atoms with Crippen molar-refractivity contribution in [3.8, 4) is 0 Å². The zero-order valence-electron chi connectivity index (χ0n) is 7.69. The van der Waals surface area contributed by atoms with E-state index < -0.39 is 10.2 Å². The Morgan fingerprint density at radius 2 is 2.15 bits per heavy atom. The Bertz CT molecular complexity index is 252. The molecule has 2 unspecified atom stereocenters. The van der Waals surface area contributed by atoms with Crippen LogP contribution in [0, 0.1) is 0 Å². The van der Waals surface area contributed by atoms with Gasteiger partial charge in [0.1, 0.15) is 0 Å². The van der Waals surface area contributed by atoms with Gasteiger partial charge in [-0.05, 0) is 25.7 Å². The molecule has 0 radical (unpaired) electrons. The number of hydrogen-bond donors (Lipinski definition) is 2. The van der Waals surface area contributed by atoms with Crippen molar-refractivity contribution in [3.63, 3.8) is 0 Å². The summed E-state index contributed by atoms with van der Waals surface area (Å²) in [6, 6.07) is -0.0614. The van der Waals surface area contributed by atoms with Gasteiger partial charge in [0.15, 0.2) is 0 Å². The summed E-state index contributed by atoms with van der Waals surface area (Å²) in [5.74, 6) is 0. The normalized spacial score (nSPS) is 30.3. The lowest BCUT2D eigenvalue weighted by atomic mass is 9.94. The fourth-order valence-corrected chi connectivity index (χ4v) is 2.38. The van der Waals surface area contributed by atoms with E-state index >= 15 is 0 Å². The van der Waals surface area contributed by atoms with Crippen LogP contribution >= 0.6 is 0 Å². The van der Waals surface area contributed by atoms with Crippen LogP contribution in [-0.4, -0.2) is 27.7 Å². The van der Waals surface area contributed by atoms with E-state index in [1.54, 1.807) is 7.11 Å². The van der Waals surface area contributed by atoms with Gasteiger partial charge in [-0.3, -0.25) is 0 Å². The van der Waals surface area contributed by atoms with E-state index in [4.69, 9.17) is 9.88 Å². The number of nitrogens with two attached hydrogens (primary N) is 1. The molecule has 5 nitrogen and oxygen atoms in total. The minimum Gasteiger partial charge on any atom is -0.381 e. The minimum atomic E-state index is -3.56. The van der Waals surface area contributed by atoms with Crippen molar-refractivity contribution in [1.29, 1.82) is 0 Å². The predicted molar refractivity (Wildman–Crippen MR) is 49.3 cm³/mol. The molecule has 78 valence electrons.